The number of nitriles is 1. The summed E-state index contributed by atoms with van der Waals surface area (Å²) in [4.78, 5) is 9.82. The van der Waals surface area contributed by atoms with Crippen LogP contribution in [0.2, 0.25) is 0 Å². The third-order valence-corrected chi connectivity index (χ3v) is 5.32. The molecule has 0 aliphatic carbocycles. The average Bonchev–Trinajstić information content (AvgIpc) is 2.87. The molecule has 0 saturated carbocycles. The van der Waals surface area contributed by atoms with E-state index in [4.69, 9.17) is 9.97 Å². The van der Waals surface area contributed by atoms with Gasteiger partial charge in [-0.3, -0.25) is 0 Å². The molecule has 4 rings (SSSR count). The number of anilines is 3. The Morgan fingerprint density at radius 3 is 1.66 bits per heavy atom. The highest BCUT2D eigenvalue weighted by Gasteiger charge is 2.22. The van der Waals surface area contributed by atoms with E-state index in [0.29, 0.717) is 22.6 Å². The van der Waals surface area contributed by atoms with Crippen LogP contribution in [0, 0.1) is 11.3 Å². The normalized spacial score (nSPS) is 10.3. The van der Waals surface area contributed by atoms with Crippen molar-refractivity contribution in [2.75, 3.05) is 37.1 Å². The number of aromatic nitrogens is 2. The lowest BCUT2D eigenvalue weighted by Gasteiger charge is -2.19. The predicted octanol–water partition coefficient (Wildman–Crippen LogP) is 5.47. The quantitative estimate of drug-likeness (QED) is 0.383. The summed E-state index contributed by atoms with van der Waals surface area (Å²) >= 11 is 0. The van der Waals surface area contributed by atoms with Crippen LogP contribution >= 0.6 is 0 Å². The molecule has 1 heterocycles. The van der Waals surface area contributed by atoms with Gasteiger partial charge in [0, 0.05) is 32.3 Å². The molecule has 0 fully saturated rings. The van der Waals surface area contributed by atoms with E-state index in [0.717, 1.165) is 33.9 Å². The maximum absolute atomic E-state index is 10.1. The maximum atomic E-state index is 10.1. The van der Waals surface area contributed by atoms with Gasteiger partial charge in [-0.2, -0.15) is 5.26 Å². The molecule has 0 radical (unpaired) electrons. The van der Waals surface area contributed by atoms with Crippen molar-refractivity contribution in [3.63, 3.8) is 0 Å². The summed E-state index contributed by atoms with van der Waals surface area (Å²) in [5.41, 5.74) is 7.02. The van der Waals surface area contributed by atoms with Gasteiger partial charge in [0.2, 0.25) is 0 Å². The second kappa shape index (κ2) is 9.19. The standard InChI is InChI=1S/C26H24N6/c1-28-22-15-23(29-2)25(30-3)24(19(22)16-27)26-31-20(17-10-6-4-7-11-17)14-21(32-26)18-12-8-5-9-13-18/h4-15,28-30H,1-3H3. The van der Waals surface area contributed by atoms with Crippen LogP contribution < -0.4 is 16.0 Å². The first kappa shape index (κ1) is 20.9. The van der Waals surface area contributed by atoms with Crippen LogP contribution in [0.1, 0.15) is 5.56 Å². The van der Waals surface area contributed by atoms with Crippen molar-refractivity contribution in [1.82, 2.24) is 9.97 Å². The lowest BCUT2D eigenvalue weighted by Crippen LogP contribution is -2.07. The summed E-state index contributed by atoms with van der Waals surface area (Å²) in [6, 6.07) is 26.2. The number of nitrogens with one attached hydrogen (secondary N) is 3. The van der Waals surface area contributed by atoms with Crippen LogP contribution in [-0.4, -0.2) is 31.1 Å². The second-order valence-electron chi connectivity index (χ2n) is 7.15. The van der Waals surface area contributed by atoms with E-state index in [1.54, 1.807) is 7.05 Å². The molecule has 0 unspecified atom stereocenters. The van der Waals surface area contributed by atoms with E-state index in [1.165, 1.54) is 0 Å². The van der Waals surface area contributed by atoms with Crippen molar-refractivity contribution in [2.45, 2.75) is 0 Å². The van der Waals surface area contributed by atoms with Crippen LogP contribution in [0.5, 0.6) is 0 Å². The Hall–Kier alpha value is -4.37. The number of hydrogen-bond acceptors (Lipinski definition) is 6. The van der Waals surface area contributed by atoms with E-state index >= 15 is 0 Å². The van der Waals surface area contributed by atoms with Crippen molar-refractivity contribution >= 4 is 17.1 Å². The van der Waals surface area contributed by atoms with Gasteiger partial charge in [-0.1, -0.05) is 60.7 Å². The van der Waals surface area contributed by atoms with Crippen molar-refractivity contribution < 1.29 is 0 Å². The topological polar surface area (TPSA) is 85.7 Å². The molecular weight excluding hydrogens is 396 g/mol. The van der Waals surface area contributed by atoms with E-state index < -0.39 is 0 Å². The highest BCUT2D eigenvalue weighted by atomic mass is 15.0. The van der Waals surface area contributed by atoms with Crippen molar-refractivity contribution in [3.05, 3.63) is 78.4 Å². The zero-order valence-corrected chi connectivity index (χ0v) is 18.3. The van der Waals surface area contributed by atoms with E-state index in [-0.39, 0.29) is 0 Å². The zero-order valence-electron chi connectivity index (χ0n) is 18.3. The third-order valence-electron chi connectivity index (χ3n) is 5.32. The Balaban J connectivity index is 2.07. The molecule has 0 amide bonds. The van der Waals surface area contributed by atoms with Gasteiger partial charge < -0.3 is 16.0 Å². The minimum atomic E-state index is 0.486. The Morgan fingerprint density at radius 1 is 0.688 bits per heavy atom. The fraction of sp³-hybridized carbons (Fsp3) is 0.115. The number of nitrogens with zero attached hydrogens (tertiary/aromatic N) is 3. The molecule has 158 valence electrons. The first-order valence-corrected chi connectivity index (χ1v) is 10.3. The molecule has 32 heavy (non-hydrogen) atoms. The molecule has 6 nitrogen and oxygen atoms in total. The monoisotopic (exact) mass is 420 g/mol. The Bertz CT molecular complexity index is 1220. The van der Waals surface area contributed by atoms with Gasteiger partial charge in [0.05, 0.1) is 39.6 Å². The third kappa shape index (κ3) is 3.84. The largest absolute Gasteiger partial charge is 0.387 e. The molecule has 3 N–H and O–H groups in total. The van der Waals surface area contributed by atoms with E-state index in [1.807, 2.05) is 86.9 Å². The van der Waals surface area contributed by atoms with Gasteiger partial charge in [-0.05, 0) is 12.1 Å². The van der Waals surface area contributed by atoms with E-state index in [2.05, 4.69) is 22.0 Å². The average molecular weight is 421 g/mol. The van der Waals surface area contributed by atoms with Crippen molar-refractivity contribution in [3.8, 4) is 40.0 Å². The van der Waals surface area contributed by atoms with Gasteiger partial charge in [-0.15, -0.1) is 0 Å². The van der Waals surface area contributed by atoms with Gasteiger partial charge >= 0.3 is 0 Å². The molecule has 0 spiro atoms. The highest BCUT2D eigenvalue weighted by molar-refractivity contribution is 5.94. The SMILES string of the molecule is CNc1cc(NC)c(NC)c(-c2nc(-c3ccccc3)cc(-c3ccccc3)n2)c1C#N. The highest BCUT2D eigenvalue weighted by Crippen LogP contribution is 2.41. The fourth-order valence-corrected chi connectivity index (χ4v) is 3.75. The summed E-state index contributed by atoms with van der Waals surface area (Å²) in [6.45, 7) is 0. The summed E-state index contributed by atoms with van der Waals surface area (Å²) in [6.07, 6.45) is 0. The van der Waals surface area contributed by atoms with Crippen molar-refractivity contribution in [1.29, 1.82) is 5.26 Å². The molecular formula is C26H24N6. The molecule has 6 heteroatoms. The van der Waals surface area contributed by atoms with Gasteiger partial charge in [0.15, 0.2) is 5.82 Å². The number of rotatable bonds is 6. The van der Waals surface area contributed by atoms with Crippen LogP contribution in [0.25, 0.3) is 33.9 Å². The smallest absolute Gasteiger partial charge is 0.163 e. The van der Waals surface area contributed by atoms with Crippen LogP contribution in [-0.2, 0) is 0 Å². The van der Waals surface area contributed by atoms with E-state index in [9.17, 15) is 5.26 Å². The van der Waals surface area contributed by atoms with Gasteiger partial charge in [0.1, 0.15) is 6.07 Å². The predicted molar refractivity (Wildman–Crippen MR) is 132 cm³/mol. The van der Waals surface area contributed by atoms with Crippen LogP contribution in [0.3, 0.4) is 0 Å². The minimum absolute atomic E-state index is 0.486. The lowest BCUT2D eigenvalue weighted by molar-refractivity contribution is 1.18. The second-order valence-corrected chi connectivity index (χ2v) is 7.15. The molecule has 0 aliphatic rings. The number of benzene rings is 3. The fourth-order valence-electron chi connectivity index (χ4n) is 3.75. The summed E-state index contributed by atoms with van der Waals surface area (Å²) < 4.78 is 0. The number of hydrogen-bond donors (Lipinski definition) is 3. The Labute approximate surface area is 188 Å². The molecule has 1 aromatic heterocycles. The maximum Gasteiger partial charge on any atom is 0.163 e. The molecule has 4 aromatic rings. The van der Waals surface area contributed by atoms with Gasteiger partial charge in [-0.25, -0.2) is 9.97 Å². The Kier molecular flexibility index (Phi) is 6.00. The van der Waals surface area contributed by atoms with Crippen LogP contribution in [0.4, 0.5) is 17.1 Å². The molecule has 0 saturated heterocycles. The lowest BCUT2D eigenvalue weighted by atomic mass is 10.00. The summed E-state index contributed by atoms with van der Waals surface area (Å²) in [5, 5.41) is 19.6. The zero-order chi connectivity index (χ0) is 22.5. The van der Waals surface area contributed by atoms with Crippen molar-refractivity contribution in [2.24, 2.45) is 0 Å². The summed E-state index contributed by atoms with van der Waals surface area (Å²) in [7, 11) is 5.48. The molecule has 0 aliphatic heterocycles. The molecule has 3 aromatic carbocycles. The first-order valence-electron chi connectivity index (χ1n) is 10.3. The molecule has 0 bridgehead atoms. The van der Waals surface area contributed by atoms with Gasteiger partial charge in [0.25, 0.3) is 0 Å². The summed E-state index contributed by atoms with van der Waals surface area (Å²) in [5.74, 6) is 0.486. The molecule has 0 atom stereocenters. The minimum Gasteiger partial charge on any atom is -0.387 e. The Morgan fingerprint density at radius 2 is 1.22 bits per heavy atom. The first-order chi connectivity index (χ1) is 15.7. The van der Waals surface area contributed by atoms with Crippen LogP contribution in [0.15, 0.2) is 72.8 Å².